The summed E-state index contributed by atoms with van der Waals surface area (Å²) in [5.41, 5.74) is 0. The number of likely N-dealkylation sites (N-methyl/N-ethyl adjacent to an activating group) is 1. The molecule has 4 nitrogen and oxygen atoms in total. The summed E-state index contributed by atoms with van der Waals surface area (Å²) < 4.78 is 0. The summed E-state index contributed by atoms with van der Waals surface area (Å²) in [6.45, 7) is 5.17. The zero-order valence-electron chi connectivity index (χ0n) is 9.49. The summed E-state index contributed by atoms with van der Waals surface area (Å²) in [6, 6.07) is 0.515. The molecule has 1 aromatic heterocycles. The standard InChI is InChI=1S/C11H17ClN4/c1-2-13-8-10-4-3-5-16(10)11-14-6-9(12)7-15-11/h6-7,10,13H,2-5,8H2,1H3. The first-order valence-corrected chi connectivity index (χ1v) is 6.14. The molecule has 5 heteroatoms. The van der Waals surface area contributed by atoms with Crippen LogP contribution in [0, 0.1) is 0 Å². The first kappa shape index (κ1) is 11.6. The van der Waals surface area contributed by atoms with Gasteiger partial charge in [-0.05, 0) is 19.4 Å². The van der Waals surface area contributed by atoms with Crippen LogP contribution in [-0.4, -0.2) is 35.6 Å². The van der Waals surface area contributed by atoms with E-state index in [9.17, 15) is 0 Å². The van der Waals surface area contributed by atoms with Gasteiger partial charge >= 0.3 is 0 Å². The molecule has 1 aliphatic rings. The highest BCUT2D eigenvalue weighted by Gasteiger charge is 2.25. The van der Waals surface area contributed by atoms with E-state index in [-0.39, 0.29) is 0 Å². The Balaban J connectivity index is 2.04. The lowest BCUT2D eigenvalue weighted by Crippen LogP contribution is -2.38. The van der Waals surface area contributed by atoms with Crippen LogP contribution in [0.4, 0.5) is 5.95 Å². The van der Waals surface area contributed by atoms with E-state index >= 15 is 0 Å². The first-order valence-electron chi connectivity index (χ1n) is 5.76. The highest BCUT2D eigenvalue weighted by Crippen LogP contribution is 2.22. The van der Waals surface area contributed by atoms with Gasteiger partial charge in [0.2, 0.25) is 5.95 Å². The summed E-state index contributed by atoms with van der Waals surface area (Å²) >= 11 is 5.78. The summed E-state index contributed by atoms with van der Waals surface area (Å²) in [5, 5.41) is 3.97. The molecule has 0 aliphatic carbocycles. The Kier molecular flexibility index (Phi) is 3.96. The van der Waals surface area contributed by atoms with E-state index in [1.54, 1.807) is 12.4 Å². The monoisotopic (exact) mass is 240 g/mol. The fourth-order valence-electron chi connectivity index (χ4n) is 2.08. The van der Waals surface area contributed by atoms with Gasteiger partial charge in [-0.3, -0.25) is 0 Å². The molecule has 0 bridgehead atoms. The molecule has 0 amide bonds. The van der Waals surface area contributed by atoms with Crippen LogP contribution in [0.5, 0.6) is 0 Å². The Labute approximate surface area is 101 Å². The van der Waals surface area contributed by atoms with Gasteiger partial charge in [-0.25, -0.2) is 9.97 Å². The van der Waals surface area contributed by atoms with E-state index in [2.05, 4.69) is 27.1 Å². The second-order valence-electron chi connectivity index (χ2n) is 4.00. The second-order valence-corrected chi connectivity index (χ2v) is 4.43. The minimum absolute atomic E-state index is 0.515. The number of nitrogens with one attached hydrogen (secondary N) is 1. The maximum Gasteiger partial charge on any atom is 0.225 e. The molecule has 1 aromatic rings. The Morgan fingerprint density at radius 3 is 2.94 bits per heavy atom. The summed E-state index contributed by atoms with van der Waals surface area (Å²) in [5.74, 6) is 0.796. The van der Waals surface area contributed by atoms with Gasteiger partial charge in [0.15, 0.2) is 0 Å². The number of halogens is 1. The van der Waals surface area contributed by atoms with Crippen molar-refractivity contribution in [3.63, 3.8) is 0 Å². The second kappa shape index (κ2) is 5.46. The fourth-order valence-corrected chi connectivity index (χ4v) is 2.17. The van der Waals surface area contributed by atoms with Crippen LogP contribution in [-0.2, 0) is 0 Å². The topological polar surface area (TPSA) is 41.0 Å². The molecule has 1 N–H and O–H groups in total. The van der Waals surface area contributed by atoms with Crippen LogP contribution in [0.15, 0.2) is 12.4 Å². The van der Waals surface area contributed by atoms with Crippen molar-refractivity contribution in [2.75, 3.05) is 24.5 Å². The molecule has 0 spiro atoms. The first-order chi connectivity index (χ1) is 7.81. The van der Waals surface area contributed by atoms with Gasteiger partial charge < -0.3 is 10.2 Å². The van der Waals surface area contributed by atoms with Crippen LogP contribution in [0.2, 0.25) is 5.02 Å². The maximum absolute atomic E-state index is 5.78. The maximum atomic E-state index is 5.78. The van der Waals surface area contributed by atoms with Crippen LogP contribution >= 0.6 is 11.6 Å². The van der Waals surface area contributed by atoms with Crippen molar-refractivity contribution in [3.8, 4) is 0 Å². The fraction of sp³-hybridized carbons (Fsp3) is 0.636. The molecular weight excluding hydrogens is 224 g/mol. The van der Waals surface area contributed by atoms with Crippen LogP contribution in [0.3, 0.4) is 0 Å². The zero-order chi connectivity index (χ0) is 11.4. The van der Waals surface area contributed by atoms with Crippen molar-refractivity contribution in [1.29, 1.82) is 0 Å². The lowest BCUT2D eigenvalue weighted by molar-refractivity contribution is 0.581. The summed E-state index contributed by atoms with van der Waals surface area (Å²) in [7, 11) is 0. The van der Waals surface area contributed by atoms with Gasteiger partial charge in [0.05, 0.1) is 17.4 Å². The SMILES string of the molecule is CCNCC1CCCN1c1ncc(Cl)cn1. The average Bonchev–Trinajstić information content (AvgIpc) is 2.75. The van der Waals surface area contributed by atoms with Crippen LogP contribution < -0.4 is 10.2 Å². The molecule has 0 aromatic carbocycles. The Morgan fingerprint density at radius 1 is 1.50 bits per heavy atom. The number of hydrogen-bond donors (Lipinski definition) is 1. The molecule has 88 valence electrons. The van der Waals surface area contributed by atoms with Gasteiger partial charge in [-0.1, -0.05) is 18.5 Å². The van der Waals surface area contributed by atoms with Gasteiger partial charge in [0.25, 0.3) is 0 Å². The number of rotatable bonds is 4. The molecule has 2 heterocycles. The summed E-state index contributed by atoms with van der Waals surface area (Å²) in [4.78, 5) is 10.8. The third kappa shape index (κ3) is 2.62. The predicted octanol–water partition coefficient (Wildman–Crippen LogP) is 1.71. The molecule has 2 rings (SSSR count). The highest BCUT2D eigenvalue weighted by atomic mass is 35.5. The number of nitrogens with zero attached hydrogens (tertiary/aromatic N) is 3. The molecule has 1 fully saturated rings. The molecular formula is C11H17ClN4. The van der Waals surface area contributed by atoms with E-state index in [1.165, 1.54) is 12.8 Å². The minimum Gasteiger partial charge on any atom is -0.337 e. The molecule has 1 aliphatic heterocycles. The molecule has 1 unspecified atom stereocenters. The normalized spacial score (nSPS) is 20.4. The van der Waals surface area contributed by atoms with E-state index in [0.717, 1.165) is 25.6 Å². The third-order valence-corrected chi connectivity index (χ3v) is 3.07. The van der Waals surface area contributed by atoms with E-state index < -0.39 is 0 Å². The molecule has 1 saturated heterocycles. The number of hydrogen-bond acceptors (Lipinski definition) is 4. The zero-order valence-corrected chi connectivity index (χ0v) is 10.2. The van der Waals surface area contributed by atoms with Crippen molar-refractivity contribution in [2.45, 2.75) is 25.8 Å². The third-order valence-electron chi connectivity index (χ3n) is 2.87. The van der Waals surface area contributed by atoms with Crippen molar-refractivity contribution >= 4 is 17.5 Å². The smallest absolute Gasteiger partial charge is 0.225 e. The average molecular weight is 241 g/mol. The minimum atomic E-state index is 0.515. The van der Waals surface area contributed by atoms with Crippen molar-refractivity contribution in [1.82, 2.24) is 15.3 Å². The number of anilines is 1. The molecule has 0 saturated carbocycles. The molecule has 1 atom stereocenters. The largest absolute Gasteiger partial charge is 0.337 e. The van der Waals surface area contributed by atoms with Crippen LogP contribution in [0.25, 0.3) is 0 Å². The van der Waals surface area contributed by atoms with E-state index in [0.29, 0.717) is 11.1 Å². The molecule has 16 heavy (non-hydrogen) atoms. The number of aromatic nitrogens is 2. The Morgan fingerprint density at radius 2 is 2.25 bits per heavy atom. The van der Waals surface area contributed by atoms with Crippen molar-refractivity contribution < 1.29 is 0 Å². The van der Waals surface area contributed by atoms with Crippen molar-refractivity contribution in [2.24, 2.45) is 0 Å². The quantitative estimate of drug-likeness (QED) is 0.870. The van der Waals surface area contributed by atoms with Crippen molar-refractivity contribution in [3.05, 3.63) is 17.4 Å². The van der Waals surface area contributed by atoms with Gasteiger partial charge in [-0.15, -0.1) is 0 Å². The van der Waals surface area contributed by atoms with Gasteiger partial charge in [-0.2, -0.15) is 0 Å². The van der Waals surface area contributed by atoms with Crippen LogP contribution in [0.1, 0.15) is 19.8 Å². The lowest BCUT2D eigenvalue weighted by Gasteiger charge is -2.24. The predicted molar refractivity (Wildman–Crippen MR) is 66.0 cm³/mol. The van der Waals surface area contributed by atoms with Gasteiger partial charge in [0, 0.05) is 19.1 Å². The Bertz CT molecular complexity index is 327. The Hall–Kier alpha value is -0.870. The lowest BCUT2D eigenvalue weighted by atomic mass is 10.2. The summed E-state index contributed by atoms with van der Waals surface area (Å²) in [6.07, 6.45) is 5.74. The van der Waals surface area contributed by atoms with E-state index in [4.69, 9.17) is 11.6 Å². The van der Waals surface area contributed by atoms with E-state index in [1.807, 2.05) is 0 Å². The highest BCUT2D eigenvalue weighted by molar-refractivity contribution is 6.30. The van der Waals surface area contributed by atoms with Gasteiger partial charge in [0.1, 0.15) is 0 Å². The molecule has 0 radical (unpaired) electrons.